The lowest BCUT2D eigenvalue weighted by molar-refractivity contribution is -0.144. The third-order valence-electron chi connectivity index (χ3n) is 5.17. The molecule has 34 heavy (non-hydrogen) atoms. The summed E-state index contributed by atoms with van der Waals surface area (Å²) in [7, 11) is 0. The molecule has 0 rings (SSSR count). The van der Waals surface area contributed by atoms with Gasteiger partial charge in [-0.3, -0.25) is 24.0 Å². The largest absolute Gasteiger partial charge is 0.481 e. The molecule has 5 unspecified atom stereocenters. The van der Waals surface area contributed by atoms with Crippen LogP contribution in [0.3, 0.4) is 0 Å². The molecule has 0 spiro atoms. The first-order chi connectivity index (χ1) is 15.7. The van der Waals surface area contributed by atoms with Crippen molar-refractivity contribution in [3.8, 4) is 0 Å². The first kappa shape index (κ1) is 30.8. The van der Waals surface area contributed by atoms with Crippen molar-refractivity contribution in [3.63, 3.8) is 0 Å². The van der Waals surface area contributed by atoms with Crippen LogP contribution in [-0.4, -0.2) is 75.1 Å². The molecule has 0 aromatic rings. The Morgan fingerprint density at radius 1 is 0.765 bits per heavy atom. The molecule has 0 fully saturated rings. The van der Waals surface area contributed by atoms with Gasteiger partial charge in [0.15, 0.2) is 0 Å². The van der Waals surface area contributed by atoms with Crippen LogP contribution >= 0.6 is 0 Å². The fourth-order valence-electron chi connectivity index (χ4n) is 2.94. The molecule has 13 heteroatoms. The van der Waals surface area contributed by atoms with Gasteiger partial charge in [0, 0.05) is 6.42 Å². The van der Waals surface area contributed by atoms with Crippen molar-refractivity contribution < 1.29 is 44.1 Å². The van der Waals surface area contributed by atoms with Crippen LogP contribution in [0.1, 0.15) is 59.8 Å². The Bertz CT molecular complexity index is 757. The molecule has 0 saturated carbocycles. The van der Waals surface area contributed by atoms with Gasteiger partial charge in [-0.15, -0.1) is 0 Å². The molecular formula is C21H36N4O9. The van der Waals surface area contributed by atoms with Crippen molar-refractivity contribution >= 4 is 35.6 Å². The monoisotopic (exact) mass is 488 g/mol. The second-order valence-electron chi connectivity index (χ2n) is 8.59. The fraction of sp³-hybridized carbons (Fsp3) is 0.714. The van der Waals surface area contributed by atoms with Crippen LogP contribution in [0.2, 0.25) is 0 Å². The molecule has 0 aromatic heterocycles. The first-order valence-corrected chi connectivity index (χ1v) is 11.0. The zero-order chi connectivity index (χ0) is 26.6. The van der Waals surface area contributed by atoms with Gasteiger partial charge in [0.25, 0.3) is 0 Å². The number of aliphatic carboxylic acids is 3. The minimum atomic E-state index is -1.52. The predicted molar refractivity (Wildman–Crippen MR) is 119 cm³/mol. The van der Waals surface area contributed by atoms with Crippen LogP contribution < -0.4 is 21.7 Å². The maximum Gasteiger partial charge on any atom is 0.326 e. The number of carboxylic acids is 3. The number of carbonyl (C=O) groups excluding carboxylic acids is 3. The highest BCUT2D eigenvalue weighted by atomic mass is 16.4. The summed E-state index contributed by atoms with van der Waals surface area (Å²) < 4.78 is 0. The molecule has 0 bridgehead atoms. The van der Waals surface area contributed by atoms with E-state index in [1.807, 2.05) is 6.92 Å². The Kier molecular flexibility index (Phi) is 13.4. The van der Waals surface area contributed by atoms with E-state index in [9.17, 15) is 33.9 Å². The number of hydrogen-bond donors (Lipinski definition) is 7. The highest BCUT2D eigenvalue weighted by Gasteiger charge is 2.32. The summed E-state index contributed by atoms with van der Waals surface area (Å²) in [5.41, 5.74) is 5.85. The normalized spacial score (nSPS) is 15.4. The average molecular weight is 489 g/mol. The van der Waals surface area contributed by atoms with E-state index in [1.54, 1.807) is 20.8 Å². The van der Waals surface area contributed by atoms with Gasteiger partial charge in [-0.05, 0) is 24.7 Å². The van der Waals surface area contributed by atoms with Gasteiger partial charge >= 0.3 is 17.9 Å². The molecule has 0 saturated heterocycles. The van der Waals surface area contributed by atoms with Crippen LogP contribution in [0.5, 0.6) is 0 Å². The summed E-state index contributed by atoms with van der Waals surface area (Å²) in [4.78, 5) is 71.3. The summed E-state index contributed by atoms with van der Waals surface area (Å²) in [6, 6.07) is -5.26. The Labute approximate surface area is 197 Å². The van der Waals surface area contributed by atoms with Gasteiger partial charge in [-0.2, -0.15) is 0 Å². The van der Waals surface area contributed by atoms with Crippen LogP contribution in [0.25, 0.3) is 0 Å². The molecule has 3 amide bonds. The zero-order valence-corrected chi connectivity index (χ0v) is 19.9. The second-order valence-corrected chi connectivity index (χ2v) is 8.59. The van der Waals surface area contributed by atoms with Gasteiger partial charge in [0.2, 0.25) is 17.7 Å². The van der Waals surface area contributed by atoms with Gasteiger partial charge in [-0.25, -0.2) is 4.79 Å². The lowest BCUT2D eigenvalue weighted by Crippen LogP contribution is -2.58. The molecule has 13 nitrogen and oxygen atoms in total. The predicted octanol–water partition coefficient (Wildman–Crippen LogP) is -0.716. The van der Waals surface area contributed by atoms with E-state index >= 15 is 0 Å². The summed E-state index contributed by atoms with van der Waals surface area (Å²) in [6.07, 6.45) is -0.987. The standard InChI is InChI=1S/C21H36N4O9/c1-5-11(4)17(22)20(32)25-14(9-16(28)29)19(31)24-13(8-10(2)3)18(30)23-12(21(33)34)6-7-15(26)27/h10-14,17H,5-9,22H2,1-4H3,(H,23,30)(H,24,31)(H,25,32)(H,26,27)(H,28,29)(H,33,34). The van der Waals surface area contributed by atoms with Crippen molar-refractivity contribution in [2.75, 3.05) is 0 Å². The Morgan fingerprint density at radius 3 is 1.71 bits per heavy atom. The zero-order valence-electron chi connectivity index (χ0n) is 19.9. The smallest absolute Gasteiger partial charge is 0.326 e. The van der Waals surface area contributed by atoms with Crippen LogP contribution in [0.15, 0.2) is 0 Å². The van der Waals surface area contributed by atoms with Crippen molar-refractivity contribution in [2.45, 2.75) is 84.0 Å². The third kappa shape index (κ3) is 11.6. The minimum Gasteiger partial charge on any atom is -0.481 e. The lowest BCUT2D eigenvalue weighted by atomic mass is 9.98. The van der Waals surface area contributed by atoms with Gasteiger partial charge in [-0.1, -0.05) is 34.1 Å². The Morgan fingerprint density at radius 2 is 1.26 bits per heavy atom. The lowest BCUT2D eigenvalue weighted by Gasteiger charge is -2.26. The first-order valence-electron chi connectivity index (χ1n) is 11.0. The quantitative estimate of drug-likeness (QED) is 0.144. The highest BCUT2D eigenvalue weighted by Crippen LogP contribution is 2.09. The molecule has 0 aliphatic rings. The molecular weight excluding hydrogens is 452 g/mol. The maximum absolute atomic E-state index is 12.8. The van der Waals surface area contributed by atoms with Crippen LogP contribution in [0.4, 0.5) is 0 Å². The van der Waals surface area contributed by atoms with Crippen molar-refractivity contribution in [3.05, 3.63) is 0 Å². The van der Waals surface area contributed by atoms with E-state index in [4.69, 9.17) is 15.9 Å². The number of carboxylic acid groups (broad SMARTS) is 3. The van der Waals surface area contributed by atoms with Crippen LogP contribution in [0, 0.1) is 11.8 Å². The highest BCUT2D eigenvalue weighted by molar-refractivity contribution is 5.95. The molecule has 0 radical (unpaired) electrons. The SMILES string of the molecule is CCC(C)C(N)C(=O)NC(CC(=O)O)C(=O)NC(CC(C)C)C(=O)NC(CCC(=O)O)C(=O)O. The van der Waals surface area contributed by atoms with E-state index in [2.05, 4.69) is 16.0 Å². The minimum absolute atomic E-state index is 0.0724. The molecule has 8 N–H and O–H groups in total. The van der Waals surface area contributed by atoms with E-state index in [1.165, 1.54) is 0 Å². The fourth-order valence-corrected chi connectivity index (χ4v) is 2.94. The average Bonchev–Trinajstić information content (AvgIpc) is 2.73. The van der Waals surface area contributed by atoms with Crippen molar-refractivity contribution in [1.82, 2.24) is 16.0 Å². The van der Waals surface area contributed by atoms with Crippen molar-refractivity contribution in [2.24, 2.45) is 17.6 Å². The molecule has 0 heterocycles. The Hall–Kier alpha value is -3.22. The number of hydrogen-bond acceptors (Lipinski definition) is 7. The molecule has 5 atom stereocenters. The third-order valence-corrected chi connectivity index (χ3v) is 5.17. The molecule has 0 aliphatic carbocycles. The van der Waals surface area contributed by atoms with E-state index < -0.39 is 72.6 Å². The summed E-state index contributed by atoms with van der Waals surface area (Å²) in [5, 5.41) is 34.1. The van der Waals surface area contributed by atoms with E-state index in [0.29, 0.717) is 6.42 Å². The van der Waals surface area contributed by atoms with Gasteiger partial charge in [0.05, 0.1) is 12.5 Å². The van der Waals surface area contributed by atoms with Crippen LogP contribution in [-0.2, 0) is 28.8 Å². The van der Waals surface area contributed by atoms with Gasteiger partial charge < -0.3 is 37.0 Å². The summed E-state index contributed by atoms with van der Waals surface area (Å²) in [5.74, 6) is -6.98. The molecule has 0 aliphatic heterocycles. The number of nitrogens with one attached hydrogen (secondary N) is 3. The number of nitrogens with two attached hydrogens (primary N) is 1. The van der Waals surface area contributed by atoms with Gasteiger partial charge in [0.1, 0.15) is 18.1 Å². The van der Waals surface area contributed by atoms with Crippen molar-refractivity contribution in [1.29, 1.82) is 0 Å². The summed E-state index contributed by atoms with van der Waals surface area (Å²) in [6.45, 7) is 7.03. The Balaban J connectivity index is 5.56. The number of amides is 3. The number of rotatable bonds is 16. The topological polar surface area (TPSA) is 225 Å². The van der Waals surface area contributed by atoms with E-state index in [0.717, 1.165) is 0 Å². The molecule has 194 valence electrons. The van der Waals surface area contributed by atoms with E-state index in [-0.39, 0.29) is 24.7 Å². The maximum atomic E-state index is 12.8. The molecule has 0 aromatic carbocycles. The number of carbonyl (C=O) groups is 6. The second kappa shape index (κ2) is 14.8. The summed E-state index contributed by atoms with van der Waals surface area (Å²) >= 11 is 0.